The Morgan fingerprint density at radius 3 is 2.76 bits per heavy atom. The standard InChI is InChI=1S/C18H21F2N3O.ClH/c19-14-3-1-2-13(17(14)20)11-4-5-15(21)18-22-8-16(23(18)9-11)12-6-7-24-10-12;/h1-3,8,11-12,15H,4-7,9-10,21H2;1H/t11-,12?,15-;/m1./s1. The van der Waals surface area contributed by atoms with Crippen molar-refractivity contribution in [3.8, 4) is 0 Å². The van der Waals surface area contributed by atoms with Gasteiger partial charge in [-0.05, 0) is 30.9 Å². The predicted molar refractivity (Wildman–Crippen MR) is 92.9 cm³/mol. The van der Waals surface area contributed by atoms with Crippen molar-refractivity contribution in [2.24, 2.45) is 5.73 Å². The number of rotatable bonds is 2. The minimum absolute atomic E-state index is 0. The molecule has 1 unspecified atom stereocenters. The molecular formula is C18H22ClF2N3O. The summed E-state index contributed by atoms with van der Waals surface area (Å²) in [5.41, 5.74) is 7.81. The highest BCUT2D eigenvalue weighted by Crippen LogP contribution is 2.36. The molecule has 136 valence electrons. The Morgan fingerprint density at radius 1 is 1.16 bits per heavy atom. The molecular weight excluding hydrogens is 348 g/mol. The highest BCUT2D eigenvalue weighted by atomic mass is 35.5. The van der Waals surface area contributed by atoms with Crippen LogP contribution in [0.25, 0.3) is 0 Å². The Kier molecular flexibility index (Phi) is 5.41. The fourth-order valence-corrected chi connectivity index (χ4v) is 3.90. The average Bonchev–Trinajstić information content (AvgIpc) is 3.20. The first-order valence-corrected chi connectivity index (χ1v) is 8.47. The molecule has 0 saturated carbocycles. The molecule has 3 atom stereocenters. The molecule has 0 amide bonds. The molecule has 0 bridgehead atoms. The van der Waals surface area contributed by atoms with Crippen molar-refractivity contribution in [1.29, 1.82) is 0 Å². The first-order chi connectivity index (χ1) is 11.6. The maximum Gasteiger partial charge on any atom is 0.162 e. The normalized spacial score (nSPS) is 26.0. The van der Waals surface area contributed by atoms with E-state index in [2.05, 4.69) is 9.55 Å². The number of hydrogen-bond acceptors (Lipinski definition) is 3. The number of hydrogen-bond donors (Lipinski definition) is 1. The topological polar surface area (TPSA) is 53.1 Å². The van der Waals surface area contributed by atoms with Crippen molar-refractivity contribution >= 4 is 12.4 Å². The van der Waals surface area contributed by atoms with Crippen molar-refractivity contribution in [2.45, 2.75) is 43.7 Å². The van der Waals surface area contributed by atoms with Gasteiger partial charge >= 0.3 is 0 Å². The van der Waals surface area contributed by atoms with E-state index >= 15 is 0 Å². The number of nitrogens with two attached hydrogens (primary N) is 1. The Bertz CT molecular complexity index is 746. The van der Waals surface area contributed by atoms with E-state index in [1.165, 1.54) is 0 Å². The molecule has 4 nitrogen and oxygen atoms in total. The molecule has 25 heavy (non-hydrogen) atoms. The van der Waals surface area contributed by atoms with E-state index in [1.54, 1.807) is 12.1 Å². The van der Waals surface area contributed by atoms with E-state index in [9.17, 15) is 8.78 Å². The quantitative estimate of drug-likeness (QED) is 0.878. The summed E-state index contributed by atoms with van der Waals surface area (Å²) in [5.74, 6) is -0.504. The van der Waals surface area contributed by atoms with Crippen molar-refractivity contribution in [1.82, 2.24) is 9.55 Å². The summed E-state index contributed by atoms with van der Waals surface area (Å²) < 4.78 is 35.5. The lowest BCUT2D eigenvalue weighted by atomic mass is 9.92. The molecule has 2 aliphatic rings. The molecule has 0 spiro atoms. The number of ether oxygens (including phenoxy) is 1. The molecule has 1 aromatic carbocycles. The van der Waals surface area contributed by atoms with Crippen LogP contribution in [0.15, 0.2) is 24.4 Å². The van der Waals surface area contributed by atoms with Crippen LogP contribution in [0, 0.1) is 11.6 Å². The summed E-state index contributed by atoms with van der Waals surface area (Å²) in [6.07, 6.45) is 4.25. The van der Waals surface area contributed by atoms with Crippen LogP contribution >= 0.6 is 12.4 Å². The third-order valence-corrected chi connectivity index (χ3v) is 5.25. The van der Waals surface area contributed by atoms with Crippen LogP contribution in [-0.4, -0.2) is 22.8 Å². The highest BCUT2D eigenvalue weighted by molar-refractivity contribution is 5.85. The zero-order valence-electron chi connectivity index (χ0n) is 13.8. The minimum atomic E-state index is -0.795. The van der Waals surface area contributed by atoms with Crippen LogP contribution in [0.5, 0.6) is 0 Å². The van der Waals surface area contributed by atoms with Crippen molar-refractivity contribution in [2.75, 3.05) is 13.2 Å². The maximum atomic E-state index is 14.3. The van der Waals surface area contributed by atoms with Gasteiger partial charge in [-0.1, -0.05) is 12.1 Å². The van der Waals surface area contributed by atoms with E-state index < -0.39 is 11.6 Å². The minimum Gasteiger partial charge on any atom is -0.381 e. The SMILES string of the molecule is Cl.N[C@@H]1CC[C@@H](c2cccc(F)c2F)Cn2c(C3CCOC3)cnc21. The monoisotopic (exact) mass is 369 g/mol. The van der Waals surface area contributed by atoms with Gasteiger partial charge in [0.05, 0.1) is 12.6 Å². The fourth-order valence-electron chi connectivity index (χ4n) is 3.90. The lowest BCUT2D eigenvalue weighted by Gasteiger charge is -2.20. The summed E-state index contributed by atoms with van der Waals surface area (Å²) in [6, 6.07) is 4.22. The van der Waals surface area contributed by atoms with Gasteiger partial charge in [0, 0.05) is 36.9 Å². The Balaban J connectivity index is 0.00000182. The number of halogens is 3. The van der Waals surface area contributed by atoms with Crippen molar-refractivity contribution in [3.05, 3.63) is 53.1 Å². The van der Waals surface area contributed by atoms with Crippen LogP contribution in [0.2, 0.25) is 0 Å². The van der Waals surface area contributed by atoms with Gasteiger partial charge in [-0.3, -0.25) is 0 Å². The van der Waals surface area contributed by atoms with Gasteiger partial charge in [-0.25, -0.2) is 13.8 Å². The Hall–Kier alpha value is -1.50. The molecule has 0 aliphatic carbocycles. The van der Waals surface area contributed by atoms with Crippen LogP contribution in [-0.2, 0) is 11.3 Å². The predicted octanol–water partition coefficient (Wildman–Crippen LogP) is 3.66. The fraction of sp³-hybridized carbons (Fsp3) is 0.500. The lowest BCUT2D eigenvalue weighted by molar-refractivity contribution is 0.193. The van der Waals surface area contributed by atoms with Gasteiger partial charge in [-0.15, -0.1) is 12.4 Å². The largest absolute Gasteiger partial charge is 0.381 e. The summed E-state index contributed by atoms with van der Waals surface area (Å²) in [7, 11) is 0. The molecule has 2 aliphatic heterocycles. The zero-order chi connectivity index (χ0) is 16.7. The highest BCUT2D eigenvalue weighted by Gasteiger charge is 2.30. The number of aromatic nitrogens is 2. The van der Waals surface area contributed by atoms with Crippen LogP contribution < -0.4 is 5.73 Å². The van der Waals surface area contributed by atoms with Gasteiger partial charge in [0.2, 0.25) is 0 Å². The first kappa shape index (κ1) is 18.3. The zero-order valence-corrected chi connectivity index (χ0v) is 14.6. The summed E-state index contributed by atoms with van der Waals surface area (Å²) in [5, 5.41) is 0. The number of nitrogens with zero attached hydrogens (tertiary/aromatic N) is 2. The molecule has 2 aromatic rings. The van der Waals surface area contributed by atoms with E-state index in [4.69, 9.17) is 10.5 Å². The molecule has 1 saturated heterocycles. The van der Waals surface area contributed by atoms with E-state index in [0.717, 1.165) is 30.6 Å². The van der Waals surface area contributed by atoms with Gasteiger partial charge in [0.1, 0.15) is 5.82 Å². The van der Waals surface area contributed by atoms with Crippen molar-refractivity contribution < 1.29 is 13.5 Å². The molecule has 1 fully saturated rings. The van der Waals surface area contributed by atoms with Crippen LogP contribution in [0.1, 0.15) is 54.2 Å². The van der Waals surface area contributed by atoms with Crippen LogP contribution in [0.4, 0.5) is 8.78 Å². The average molecular weight is 370 g/mol. The summed E-state index contributed by atoms with van der Waals surface area (Å²) >= 11 is 0. The Labute approximate surface area is 151 Å². The first-order valence-electron chi connectivity index (χ1n) is 8.47. The summed E-state index contributed by atoms with van der Waals surface area (Å²) in [6.45, 7) is 2.01. The number of benzene rings is 1. The smallest absolute Gasteiger partial charge is 0.162 e. The van der Waals surface area contributed by atoms with Gasteiger partial charge in [0.25, 0.3) is 0 Å². The van der Waals surface area contributed by atoms with Gasteiger partial charge in [0.15, 0.2) is 11.6 Å². The number of fused-ring (bicyclic) bond motifs is 1. The third kappa shape index (κ3) is 3.30. The van der Waals surface area contributed by atoms with Crippen molar-refractivity contribution in [3.63, 3.8) is 0 Å². The molecule has 1 aromatic heterocycles. The van der Waals surface area contributed by atoms with E-state index in [-0.39, 0.29) is 24.4 Å². The van der Waals surface area contributed by atoms with Gasteiger partial charge in [-0.2, -0.15) is 0 Å². The Morgan fingerprint density at radius 2 is 2.00 bits per heavy atom. The second-order valence-electron chi connectivity index (χ2n) is 6.74. The second kappa shape index (κ2) is 7.40. The molecule has 2 N–H and O–H groups in total. The molecule has 0 radical (unpaired) electrons. The molecule has 4 rings (SSSR count). The molecule has 3 heterocycles. The number of imidazole rings is 1. The lowest BCUT2D eigenvalue weighted by Crippen LogP contribution is -2.17. The van der Waals surface area contributed by atoms with Gasteiger partial charge < -0.3 is 15.0 Å². The second-order valence-corrected chi connectivity index (χ2v) is 6.74. The molecule has 7 heteroatoms. The third-order valence-electron chi connectivity index (χ3n) is 5.25. The van der Waals surface area contributed by atoms with Crippen LogP contribution in [0.3, 0.4) is 0 Å². The summed E-state index contributed by atoms with van der Waals surface area (Å²) in [4.78, 5) is 4.52. The van der Waals surface area contributed by atoms with E-state index in [0.29, 0.717) is 37.5 Å². The maximum absolute atomic E-state index is 14.3. The van der Waals surface area contributed by atoms with E-state index in [1.807, 2.05) is 6.20 Å².